The minimum Gasteiger partial charge on any atom is -0.462 e. The van der Waals surface area contributed by atoms with E-state index in [1.807, 2.05) is 36.5 Å². The first-order chi connectivity index (χ1) is 26.2. The average molecular weight is 780 g/mol. The van der Waals surface area contributed by atoms with Crippen LogP contribution in [0.25, 0.3) is 0 Å². The summed E-state index contributed by atoms with van der Waals surface area (Å²) in [6.45, 7) is 3.48. The summed E-state index contributed by atoms with van der Waals surface area (Å²) in [7, 11) is -4.41. The Labute approximate surface area is 327 Å². The maximum absolute atomic E-state index is 12.5. The van der Waals surface area contributed by atoms with Gasteiger partial charge in [0.05, 0.1) is 19.3 Å². The molecule has 0 fully saturated rings. The fraction of sp³-hybridized carbons (Fsp3) is 0.674. The zero-order chi connectivity index (χ0) is 39.8. The second kappa shape index (κ2) is 38.7. The maximum atomic E-state index is 12.5. The van der Waals surface area contributed by atoms with Crippen LogP contribution in [0.5, 0.6) is 0 Å². The Kier molecular flexibility index (Phi) is 36.8. The highest BCUT2D eigenvalue weighted by Crippen LogP contribution is 2.43. The standard InChI is InChI=1S/C43H74NO9P/c1-3-5-7-9-11-12-13-14-15-16-17-18-22-26-30-34-42(46)50-38-41(39-52-54(48,49)51-37-36-44)53-43(47)35-31-27-23-19-21-25-29-33-40(45)32-28-24-20-10-8-6-4-2/h11-12,14-15,19-20,23-25,28-29,32,40-41,45H,3-10,13,16-18,21-22,26-27,30-31,33-39,44H2,1-2H3,(H,48,49)/b12-11-,15-14-,23-19+,24-20-,29-25-,32-28-/t40-,41+/m0/s1. The molecular formula is C43H74NO9P. The van der Waals surface area contributed by atoms with Crippen LogP contribution >= 0.6 is 7.82 Å². The van der Waals surface area contributed by atoms with Crippen LogP contribution in [0.15, 0.2) is 72.9 Å². The number of aliphatic hydroxyl groups is 1. The molecule has 0 bridgehead atoms. The van der Waals surface area contributed by atoms with Crippen LogP contribution < -0.4 is 5.73 Å². The summed E-state index contributed by atoms with van der Waals surface area (Å²) in [6, 6.07) is 0. The van der Waals surface area contributed by atoms with Crippen LogP contribution in [0.1, 0.15) is 149 Å². The van der Waals surface area contributed by atoms with Crippen molar-refractivity contribution in [2.75, 3.05) is 26.4 Å². The Morgan fingerprint density at radius 1 is 0.648 bits per heavy atom. The van der Waals surface area contributed by atoms with Crippen LogP contribution in [-0.2, 0) is 32.7 Å². The molecule has 310 valence electrons. The van der Waals surface area contributed by atoms with Crippen molar-refractivity contribution in [1.29, 1.82) is 0 Å². The van der Waals surface area contributed by atoms with Crippen molar-refractivity contribution in [3.8, 4) is 0 Å². The largest absolute Gasteiger partial charge is 0.472 e. The molecule has 3 atom stereocenters. The van der Waals surface area contributed by atoms with E-state index < -0.39 is 38.6 Å². The Bertz CT molecular complexity index is 1130. The number of phosphoric ester groups is 1. The van der Waals surface area contributed by atoms with Crippen LogP contribution in [0.3, 0.4) is 0 Å². The summed E-state index contributed by atoms with van der Waals surface area (Å²) in [6.07, 6.45) is 42.4. The minimum atomic E-state index is -4.41. The van der Waals surface area contributed by atoms with Crippen LogP contribution in [0, 0.1) is 0 Å². The topological polar surface area (TPSA) is 155 Å². The Morgan fingerprint density at radius 2 is 1.20 bits per heavy atom. The number of hydrogen-bond donors (Lipinski definition) is 3. The number of phosphoric acid groups is 1. The van der Waals surface area contributed by atoms with E-state index in [4.69, 9.17) is 24.3 Å². The number of carbonyl (C=O) groups is 2. The Hall–Kier alpha value is -2.59. The molecule has 0 rings (SSSR count). The molecule has 0 aliphatic rings. The van der Waals surface area contributed by atoms with E-state index in [9.17, 15) is 24.2 Å². The van der Waals surface area contributed by atoms with Gasteiger partial charge in [-0.3, -0.25) is 18.6 Å². The summed E-state index contributed by atoms with van der Waals surface area (Å²) >= 11 is 0. The van der Waals surface area contributed by atoms with Gasteiger partial charge in [0.25, 0.3) is 0 Å². The second-order valence-electron chi connectivity index (χ2n) is 13.3. The predicted molar refractivity (Wildman–Crippen MR) is 221 cm³/mol. The van der Waals surface area contributed by atoms with Gasteiger partial charge in [-0.15, -0.1) is 0 Å². The molecule has 0 aromatic rings. The third-order valence-electron chi connectivity index (χ3n) is 8.15. The number of nitrogens with two attached hydrogens (primary N) is 1. The molecule has 0 aromatic carbocycles. The van der Waals surface area contributed by atoms with Crippen molar-refractivity contribution >= 4 is 19.8 Å². The highest BCUT2D eigenvalue weighted by molar-refractivity contribution is 7.47. The molecule has 4 N–H and O–H groups in total. The van der Waals surface area contributed by atoms with Gasteiger partial charge in [-0.1, -0.05) is 132 Å². The van der Waals surface area contributed by atoms with Crippen molar-refractivity contribution in [3.05, 3.63) is 72.9 Å². The number of esters is 2. The van der Waals surface area contributed by atoms with Crippen molar-refractivity contribution in [1.82, 2.24) is 0 Å². The molecule has 0 heterocycles. The Balaban J connectivity index is 4.39. The van der Waals surface area contributed by atoms with Gasteiger partial charge in [0.1, 0.15) is 6.61 Å². The number of ether oxygens (including phenoxy) is 2. The molecule has 0 spiro atoms. The molecule has 0 radical (unpaired) electrons. The molecule has 0 amide bonds. The van der Waals surface area contributed by atoms with Gasteiger partial charge in [0.15, 0.2) is 6.10 Å². The van der Waals surface area contributed by atoms with E-state index in [0.29, 0.717) is 32.1 Å². The lowest BCUT2D eigenvalue weighted by Gasteiger charge is -2.19. The number of unbranched alkanes of at least 4 members (excludes halogenated alkanes) is 12. The fourth-order valence-corrected chi connectivity index (χ4v) is 5.79. The quantitative estimate of drug-likeness (QED) is 0.0182. The van der Waals surface area contributed by atoms with Crippen LogP contribution in [-0.4, -0.2) is 60.5 Å². The third-order valence-corrected chi connectivity index (χ3v) is 9.13. The normalized spacial score (nSPS) is 14.7. The lowest BCUT2D eigenvalue weighted by atomic mass is 10.1. The van der Waals surface area contributed by atoms with Gasteiger partial charge >= 0.3 is 19.8 Å². The average Bonchev–Trinajstić information content (AvgIpc) is 3.15. The molecule has 0 saturated carbocycles. The monoisotopic (exact) mass is 780 g/mol. The van der Waals surface area contributed by atoms with Gasteiger partial charge in [-0.05, 0) is 77.0 Å². The summed E-state index contributed by atoms with van der Waals surface area (Å²) in [5.41, 5.74) is 5.33. The SMILES string of the molecule is CCCCC/C=C\C=C/[C@H](O)C/C=C\C/C=C/CCCC(=O)O[C@H](COC(=O)CCCCCCC/C=C\C/C=C\CCCCC)COP(=O)(O)OCCN. The number of rotatable bonds is 37. The summed E-state index contributed by atoms with van der Waals surface area (Å²) in [5.74, 6) is -0.959. The van der Waals surface area contributed by atoms with Crippen LogP contribution in [0.4, 0.5) is 0 Å². The third kappa shape index (κ3) is 37.7. The van der Waals surface area contributed by atoms with Crippen molar-refractivity contribution in [2.24, 2.45) is 5.73 Å². The predicted octanol–water partition coefficient (Wildman–Crippen LogP) is 10.5. The van der Waals surface area contributed by atoms with Gasteiger partial charge in [-0.25, -0.2) is 4.57 Å². The van der Waals surface area contributed by atoms with Gasteiger partial charge in [0, 0.05) is 19.4 Å². The highest BCUT2D eigenvalue weighted by atomic mass is 31.2. The van der Waals surface area contributed by atoms with E-state index in [2.05, 4.69) is 44.2 Å². The first-order valence-electron chi connectivity index (χ1n) is 20.5. The molecule has 11 heteroatoms. The fourth-order valence-electron chi connectivity index (χ4n) is 5.03. The second-order valence-corrected chi connectivity index (χ2v) is 14.8. The highest BCUT2D eigenvalue weighted by Gasteiger charge is 2.25. The van der Waals surface area contributed by atoms with Crippen molar-refractivity contribution < 1.29 is 42.7 Å². The molecular weight excluding hydrogens is 705 g/mol. The zero-order valence-corrected chi connectivity index (χ0v) is 34.4. The van der Waals surface area contributed by atoms with Gasteiger partial charge < -0.3 is 25.2 Å². The molecule has 0 aliphatic heterocycles. The van der Waals surface area contributed by atoms with Crippen molar-refractivity contribution in [2.45, 2.75) is 161 Å². The Morgan fingerprint density at radius 3 is 1.85 bits per heavy atom. The smallest absolute Gasteiger partial charge is 0.462 e. The number of allylic oxidation sites excluding steroid dienone is 10. The first-order valence-corrected chi connectivity index (χ1v) is 22.0. The molecule has 54 heavy (non-hydrogen) atoms. The molecule has 0 saturated heterocycles. The number of aliphatic hydroxyl groups excluding tert-OH is 1. The van der Waals surface area contributed by atoms with Gasteiger partial charge in [-0.2, -0.15) is 0 Å². The summed E-state index contributed by atoms with van der Waals surface area (Å²) in [4.78, 5) is 34.8. The first kappa shape index (κ1) is 51.4. The number of carbonyl (C=O) groups excluding carboxylic acids is 2. The van der Waals surface area contributed by atoms with E-state index >= 15 is 0 Å². The molecule has 1 unspecified atom stereocenters. The number of hydrogen-bond acceptors (Lipinski definition) is 9. The van der Waals surface area contributed by atoms with Gasteiger partial charge in [0.2, 0.25) is 0 Å². The molecule has 0 aromatic heterocycles. The van der Waals surface area contributed by atoms with E-state index in [-0.39, 0.29) is 32.6 Å². The van der Waals surface area contributed by atoms with E-state index in [0.717, 1.165) is 44.9 Å². The molecule has 0 aliphatic carbocycles. The minimum absolute atomic E-state index is 0.0287. The van der Waals surface area contributed by atoms with Crippen molar-refractivity contribution in [3.63, 3.8) is 0 Å². The zero-order valence-electron chi connectivity index (χ0n) is 33.5. The summed E-state index contributed by atoms with van der Waals surface area (Å²) in [5, 5.41) is 10.1. The van der Waals surface area contributed by atoms with E-state index in [1.165, 1.54) is 44.9 Å². The molecule has 10 nitrogen and oxygen atoms in total. The van der Waals surface area contributed by atoms with E-state index in [1.54, 1.807) is 6.08 Å². The summed E-state index contributed by atoms with van der Waals surface area (Å²) < 4.78 is 32.6. The lowest BCUT2D eigenvalue weighted by Crippen LogP contribution is -2.29. The lowest BCUT2D eigenvalue weighted by molar-refractivity contribution is -0.161. The maximum Gasteiger partial charge on any atom is 0.472 e. The van der Waals surface area contributed by atoms with Crippen LogP contribution in [0.2, 0.25) is 0 Å².